The van der Waals surface area contributed by atoms with Crippen molar-refractivity contribution in [3.8, 4) is 0 Å². The van der Waals surface area contributed by atoms with E-state index in [2.05, 4.69) is 10.3 Å². The largest absolute Gasteiger partial charge is 0.381 e. The molecule has 2 heterocycles. The van der Waals surface area contributed by atoms with Gasteiger partial charge >= 0.3 is 0 Å². The van der Waals surface area contributed by atoms with Crippen LogP contribution in [-0.4, -0.2) is 42.4 Å². The molecule has 110 valence electrons. The fourth-order valence-corrected chi connectivity index (χ4v) is 2.29. The Kier molecular flexibility index (Phi) is 4.51. The Bertz CT molecular complexity index is 487. The quantitative estimate of drug-likeness (QED) is 0.655. The molecule has 7 nitrogen and oxygen atoms in total. The van der Waals surface area contributed by atoms with Crippen LogP contribution < -0.4 is 5.32 Å². The predicted octanol–water partition coefficient (Wildman–Crippen LogP) is 1.91. The first-order chi connectivity index (χ1) is 9.56. The summed E-state index contributed by atoms with van der Waals surface area (Å²) in [5.74, 6) is 0.651. The minimum absolute atomic E-state index is 0.000529. The summed E-state index contributed by atoms with van der Waals surface area (Å²) < 4.78 is 11.0. The number of hydrogen-bond donors (Lipinski definition) is 1. The van der Waals surface area contributed by atoms with E-state index in [1.165, 1.54) is 12.3 Å². The minimum Gasteiger partial charge on any atom is -0.381 e. The van der Waals surface area contributed by atoms with Gasteiger partial charge in [-0.1, -0.05) is 0 Å². The van der Waals surface area contributed by atoms with Crippen molar-refractivity contribution in [2.24, 2.45) is 0 Å². The van der Waals surface area contributed by atoms with Gasteiger partial charge in [0, 0.05) is 45.8 Å². The molecule has 1 saturated heterocycles. The number of aryl methyl sites for hydroxylation is 1. The van der Waals surface area contributed by atoms with Gasteiger partial charge in [0.1, 0.15) is 12.0 Å². The Morgan fingerprint density at radius 1 is 1.55 bits per heavy atom. The van der Waals surface area contributed by atoms with E-state index in [9.17, 15) is 10.1 Å². The number of nitrogens with one attached hydrogen (secondary N) is 1. The second-order valence-electron chi connectivity index (χ2n) is 4.97. The standard InChI is InChI=1S/C13H19N3O4/c1-10-7-11(16(17)18)8-14-12(10)15-9-13(19-2)3-5-20-6-4-13/h7-8H,3-6,9H2,1-2H3,(H,14,15). The molecule has 1 aliphatic heterocycles. The van der Waals surface area contributed by atoms with Gasteiger partial charge in [-0.2, -0.15) is 0 Å². The second kappa shape index (κ2) is 6.15. The van der Waals surface area contributed by atoms with Crippen LogP contribution in [-0.2, 0) is 9.47 Å². The van der Waals surface area contributed by atoms with E-state index in [1.807, 2.05) is 0 Å². The summed E-state index contributed by atoms with van der Waals surface area (Å²) >= 11 is 0. The fraction of sp³-hybridized carbons (Fsp3) is 0.615. The highest BCUT2D eigenvalue weighted by Crippen LogP contribution is 2.26. The van der Waals surface area contributed by atoms with Crippen LogP contribution in [0.25, 0.3) is 0 Å². The van der Waals surface area contributed by atoms with Gasteiger partial charge in [0.05, 0.1) is 10.5 Å². The fourth-order valence-electron chi connectivity index (χ4n) is 2.29. The van der Waals surface area contributed by atoms with Gasteiger partial charge in [-0.05, 0) is 12.5 Å². The molecule has 1 aromatic rings. The summed E-state index contributed by atoms with van der Waals surface area (Å²) in [6.45, 7) is 3.77. The zero-order valence-corrected chi connectivity index (χ0v) is 11.7. The summed E-state index contributed by atoms with van der Waals surface area (Å²) in [5, 5.41) is 13.9. The topological polar surface area (TPSA) is 86.5 Å². The highest BCUT2D eigenvalue weighted by molar-refractivity contribution is 5.48. The number of pyridine rings is 1. The lowest BCUT2D eigenvalue weighted by molar-refractivity contribution is -0.385. The van der Waals surface area contributed by atoms with Crippen LogP contribution in [0.4, 0.5) is 11.5 Å². The number of nitrogens with zero attached hydrogens (tertiary/aromatic N) is 2. The molecule has 0 radical (unpaired) electrons. The van der Waals surface area contributed by atoms with Crippen LogP contribution in [0.1, 0.15) is 18.4 Å². The summed E-state index contributed by atoms with van der Waals surface area (Å²) in [4.78, 5) is 14.3. The lowest BCUT2D eigenvalue weighted by Crippen LogP contribution is -2.44. The van der Waals surface area contributed by atoms with E-state index in [0.717, 1.165) is 18.4 Å². The SMILES string of the molecule is COC1(CNc2ncc([N+](=O)[O-])cc2C)CCOCC1. The molecule has 0 saturated carbocycles. The van der Waals surface area contributed by atoms with Crippen LogP contribution in [0.3, 0.4) is 0 Å². The molecule has 0 aliphatic carbocycles. The molecule has 2 rings (SSSR count). The van der Waals surface area contributed by atoms with Crippen LogP contribution in [0.15, 0.2) is 12.3 Å². The summed E-state index contributed by atoms with van der Waals surface area (Å²) in [6, 6.07) is 1.51. The first kappa shape index (κ1) is 14.7. The maximum Gasteiger partial charge on any atom is 0.287 e. The van der Waals surface area contributed by atoms with Crippen LogP contribution >= 0.6 is 0 Å². The van der Waals surface area contributed by atoms with E-state index >= 15 is 0 Å². The first-order valence-corrected chi connectivity index (χ1v) is 6.54. The molecule has 0 amide bonds. The average Bonchev–Trinajstić information content (AvgIpc) is 2.47. The summed E-state index contributed by atoms with van der Waals surface area (Å²) in [6.07, 6.45) is 2.91. The summed E-state index contributed by atoms with van der Waals surface area (Å²) in [5.41, 5.74) is 0.492. The number of rotatable bonds is 5. The molecule has 0 spiro atoms. The second-order valence-corrected chi connectivity index (χ2v) is 4.97. The molecule has 0 bridgehead atoms. The number of anilines is 1. The lowest BCUT2D eigenvalue weighted by atomic mass is 9.94. The van der Waals surface area contributed by atoms with Gasteiger partial charge < -0.3 is 14.8 Å². The maximum atomic E-state index is 10.7. The van der Waals surface area contributed by atoms with E-state index in [-0.39, 0.29) is 11.3 Å². The predicted molar refractivity (Wildman–Crippen MR) is 73.9 cm³/mol. The van der Waals surface area contributed by atoms with Crippen molar-refractivity contribution in [1.82, 2.24) is 4.98 Å². The third-order valence-electron chi connectivity index (χ3n) is 3.69. The molecule has 20 heavy (non-hydrogen) atoms. The molecule has 0 aromatic carbocycles. The van der Waals surface area contributed by atoms with Gasteiger partial charge in [-0.15, -0.1) is 0 Å². The Morgan fingerprint density at radius 3 is 2.80 bits per heavy atom. The number of hydrogen-bond acceptors (Lipinski definition) is 6. The smallest absolute Gasteiger partial charge is 0.287 e. The zero-order chi connectivity index (χ0) is 14.6. The highest BCUT2D eigenvalue weighted by atomic mass is 16.6. The molecule has 1 fully saturated rings. The molecular weight excluding hydrogens is 262 g/mol. The molecule has 1 aliphatic rings. The number of nitro groups is 1. The van der Waals surface area contributed by atoms with Crippen molar-refractivity contribution in [3.05, 3.63) is 27.9 Å². The number of aromatic nitrogens is 1. The normalized spacial score (nSPS) is 17.7. The van der Waals surface area contributed by atoms with Crippen LogP contribution in [0.2, 0.25) is 0 Å². The highest BCUT2D eigenvalue weighted by Gasteiger charge is 2.32. The Balaban J connectivity index is 2.04. The number of ether oxygens (including phenoxy) is 2. The third kappa shape index (κ3) is 3.23. The molecule has 1 aromatic heterocycles. The molecule has 7 heteroatoms. The van der Waals surface area contributed by atoms with Crippen molar-refractivity contribution < 1.29 is 14.4 Å². The van der Waals surface area contributed by atoms with E-state index in [4.69, 9.17) is 9.47 Å². The molecule has 0 atom stereocenters. The van der Waals surface area contributed by atoms with Gasteiger partial charge in [0.2, 0.25) is 0 Å². The summed E-state index contributed by atoms with van der Waals surface area (Å²) in [7, 11) is 1.70. The first-order valence-electron chi connectivity index (χ1n) is 6.54. The average molecular weight is 281 g/mol. The van der Waals surface area contributed by atoms with E-state index in [0.29, 0.717) is 25.6 Å². The monoisotopic (exact) mass is 281 g/mol. The maximum absolute atomic E-state index is 10.7. The van der Waals surface area contributed by atoms with Crippen molar-refractivity contribution in [3.63, 3.8) is 0 Å². The Labute approximate surface area is 117 Å². The Morgan fingerprint density at radius 2 is 2.25 bits per heavy atom. The molecule has 0 unspecified atom stereocenters. The van der Waals surface area contributed by atoms with Gasteiger partial charge in [0.25, 0.3) is 5.69 Å². The minimum atomic E-state index is -0.446. The van der Waals surface area contributed by atoms with Crippen LogP contribution in [0.5, 0.6) is 0 Å². The Hall–Kier alpha value is -1.73. The van der Waals surface area contributed by atoms with E-state index < -0.39 is 4.92 Å². The van der Waals surface area contributed by atoms with Crippen molar-refractivity contribution in [2.75, 3.05) is 32.2 Å². The van der Waals surface area contributed by atoms with Crippen molar-refractivity contribution in [1.29, 1.82) is 0 Å². The van der Waals surface area contributed by atoms with Gasteiger partial charge in [-0.25, -0.2) is 4.98 Å². The van der Waals surface area contributed by atoms with Crippen LogP contribution in [0, 0.1) is 17.0 Å². The molecule has 1 N–H and O–H groups in total. The van der Waals surface area contributed by atoms with Crippen molar-refractivity contribution >= 4 is 11.5 Å². The van der Waals surface area contributed by atoms with Gasteiger partial charge in [0.15, 0.2) is 0 Å². The van der Waals surface area contributed by atoms with E-state index in [1.54, 1.807) is 14.0 Å². The van der Waals surface area contributed by atoms with Gasteiger partial charge in [-0.3, -0.25) is 10.1 Å². The lowest BCUT2D eigenvalue weighted by Gasteiger charge is -2.36. The number of methoxy groups -OCH3 is 1. The third-order valence-corrected chi connectivity index (χ3v) is 3.69. The molecular formula is C13H19N3O4. The van der Waals surface area contributed by atoms with Crippen molar-refractivity contribution in [2.45, 2.75) is 25.4 Å². The zero-order valence-electron chi connectivity index (χ0n) is 11.7.